The number of aliphatic hydroxyl groups excluding tert-OH is 1. The Morgan fingerprint density at radius 1 is 1.58 bits per heavy atom. The second kappa shape index (κ2) is 5.70. The molecule has 1 aromatic rings. The van der Waals surface area contributed by atoms with E-state index < -0.39 is 34.2 Å². The highest BCUT2D eigenvalue weighted by Gasteiger charge is 2.49. The largest absolute Gasteiger partial charge is 0.461 e. The molecule has 1 atom stereocenters. The van der Waals surface area contributed by atoms with Crippen LogP contribution in [-0.4, -0.2) is 28.5 Å². The molecule has 0 radical (unpaired) electrons. The number of carbonyl (C=O) groups excluding carboxylic acids is 1. The van der Waals surface area contributed by atoms with E-state index in [0.29, 0.717) is 0 Å². The Balaban J connectivity index is 3.05. The standard InChI is InChI=1S/C11H11F2NO5/c1-2-19-10(16)11(12,13)9(15)7-4-3-5-8(6-7)14(17)18/h3-6,9,15H,2H2,1H3. The third-order valence-electron chi connectivity index (χ3n) is 2.29. The number of nitro groups is 1. The van der Waals surface area contributed by atoms with Gasteiger partial charge in [-0.3, -0.25) is 10.1 Å². The molecule has 0 aliphatic carbocycles. The Bertz CT molecular complexity index is 492. The number of alkyl halides is 2. The summed E-state index contributed by atoms with van der Waals surface area (Å²) in [6.45, 7) is 1.07. The molecule has 0 saturated heterocycles. The van der Waals surface area contributed by atoms with E-state index in [4.69, 9.17) is 0 Å². The lowest BCUT2D eigenvalue weighted by atomic mass is 10.0. The Kier molecular flexibility index (Phi) is 4.49. The number of ether oxygens (including phenoxy) is 1. The van der Waals surface area contributed by atoms with Crippen LogP contribution in [0.3, 0.4) is 0 Å². The van der Waals surface area contributed by atoms with Crippen LogP contribution in [0, 0.1) is 10.1 Å². The van der Waals surface area contributed by atoms with Crippen LogP contribution in [0.1, 0.15) is 18.6 Å². The maximum Gasteiger partial charge on any atom is 0.380 e. The van der Waals surface area contributed by atoms with E-state index in [0.717, 1.165) is 24.3 Å². The lowest BCUT2D eigenvalue weighted by Gasteiger charge is -2.20. The number of aliphatic hydroxyl groups is 1. The molecule has 0 aliphatic heterocycles. The molecular weight excluding hydrogens is 264 g/mol. The molecule has 0 saturated carbocycles. The molecule has 0 spiro atoms. The van der Waals surface area contributed by atoms with Crippen molar-refractivity contribution in [2.45, 2.75) is 19.0 Å². The van der Waals surface area contributed by atoms with Gasteiger partial charge in [0.15, 0.2) is 6.10 Å². The first kappa shape index (κ1) is 15.0. The number of esters is 1. The average molecular weight is 275 g/mol. The monoisotopic (exact) mass is 275 g/mol. The zero-order chi connectivity index (χ0) is 14.6. The highest BCUT2D eigenvalue weighted by atomic mass is 19.3. The summed E-state index contributed by atoms with van der Waals surface area (Å²) < 4.78 is 31.2. The first-order valence-electron chi connectivity index (χ1n) is 5.28. The molecule has 6 nitrogen and oxygen atoms in total. The van der Waals surface area contributed by atoms with Crippen molar-refractivity contribution in [3.05, 3.63) is 39.9 Å². The van der Waals surface area contributed by atoms with Crippen molar-refractivity contribution < 1.29 is 28.3 Å². The molecule has 0 fully saturated rings. The van der Waals surface area contributed by atoms with Gasteiger partial charge < -0.3 is 9.84 Å². The number of non-ortho nitro benzene ring substituents is 1. The maximum atomic E-state index is 13.5. The number of nitro benzene ring substituents is 1. The van der Waals surface area contributed by atoms with Gasteiger partial charge in [-0.25, -0.2) is 4.79 Å². The van der Waals surface area contributed by atoms with Crippen LogP contribution in [-0.2, 0) is 9.53 Å². The van der Waals surface area contributed by atoms with Crippen LogP contribution in [0.4, 0.5) is 14.5 Å². The summed E-state index contributed by atoms with van der Waals surface area (Å²) in [6.07, 6.45) is -2.51. The molecule has 104 valence electrons. The molecule has 0 amide bonds. The average Bonchev–Trinajstić information content (AvgIpc) is 2.38. The van der Waals surface area contributed by atoms with Crippen LogP contribution < -0.4 is 0 Å². The first-order valence-corrected chi connectivity index (χ1v) is 5.28. The number of nitrogens with zero attached hydrogens (tertiary/aromatic N) is 1. The molecule has 19 heavy (non-hydrogen) atoms. The van der Waals surface area contributed by atoms with Gasteiger partial charge in [0, 0.05) is 12.1 Å². The molecular formula is C11H11F2NO5. The van der Waals surface area contributed by atoms with Crippen molar-refractivity contribution >= 4 is 11.7 Å². The Morgan fingerprint density at radius 2 is 2.21 bits per heavy atom. The highest BCUT2D eigenvalue weighted by Crippen LogP contribution is 2.33. The summed E-state index contributed by atoms with van der Waals surface area (Å²) >= 11 is 0. The van der Waals surface area contributed by atoms with Gasteiger partial charge in [0.1, 0.15) is 0 Å². The number of carbonyl (C=O) groups is 1. The van der Waals surface area contributed by atoms with Gasteiger partial charge >= 0.3 is 11.9 Å². The van der Waals surface area contributed by atoms with Crippen molar-refractivity contribution in [3.63, 3.8) is 0 Å². The number of halogens is 2. The van der Waals surface area contributed by atoms with Crippen molar-refractivity contribution in [3.8, 4) is 0 Å². The van der Waals surface area contributed by atoms with Crippen molar-refractivity contribution in [1.82, 2.24) is 0 Å². The second-order valence-electron chi connectivity index (χ2n) is 3.60. The number of hydrogen-bond acceptors (Lipinski definition) is 5. The topological polar surface area (TPSA) is 89.7 Å². The Morgan fingerprint density at radius 3 is 2.74 bits per heavy atom. The van der Waals surface area contributed by atoms with Gasteiger partial charge in [-0.1, -0.05) is 12.1 Å². The molecule has 0 aliphatic rings. The zero-order valence-corrected chi connectivity index (χ0v) is 9.88. The van der Waals surface area contributed by atoms with Gasteiger partial charge in [0.2, 0.25) is 0 Å². The summed E-state index contributed by atoms with van der Waals surface area (Å²) in [5, 5.41) is 20.0. The minimum atomic E-state index is -4.18. The minimum Gasteiger partial charge on any atom is -0.461 e. The van der Waals surface area contributed by atoms with Crippen LogP contribution >= 0.6 is 0 Å². The summed E-state index contributed by atoms with van der Waals surface area (Å²) in [7, 11) is 0. The SMILES string of the molecule is CCOC(=O)C(F)(F)C(O)c1cccc([N+](=O)[O-])c1. The third-order valence-corrected chi connectivity index (χ3v) is 2.29. The molecule has 1 aromatic carbocycles. The van der Waals surface area contributed by atoms with E-state index in [9.17, 15) is 28.8 Å². The number of rotatable bonds is 5. The van der Waals surface area contributed by atoms with Crippen LogP contribution in [0.25, 0.3) is 0 Å². The molecule has 0 bridgehead atoms. The predicted octanol–water partition coefficient (Wildman–Crippen LogP) is 1.83. The molecule has 0 heterocycles. The number of benzene rings is 1. The normalized spacial score (nSPS) is 12.8. The van der Waals surface area contributed by atoms with E-state index in [1.54, 1.807) is 0 Å². The van der Waals surface area contributed by atoms with E-state index in [1.807, 2.05) is 0 Å². The second-order valence-corrected chi connectivity index (χ2v) is 3.60. The number of hydrogen-bond donors (Lipinski definition) is 1. The molecule has 1 N–H and O–H groups in total. The molecule has 1 rings (SSSR count). The van der Waals surface area contributed by atoms with E-state index in [2.05, 4.69) is 4.74 Å². The van der Waals surface area contributed by atoms with Gasteiger partial charge in [-0.15, -0.1) is 0 Å². The van der Waals surface area contributed by atoms with Crippen molar-refractivity contribution in [1.29, 1.82) is 0 Å². The van der Waals surface area contributed by atoms with Crippen LogP contribution in [0.5, 0.6) is 0 Å². The van der Waals surface area contributed by atoms with E-state index >= 15 is 0 Å². The summed E-state index contributed by atoms with van der Waals surface area (Å²) in [4.78, 5) is 20.7. The van der Waals surface area contributed by atoms with Crippen LogP contribution in [0.15, 0.2) is 24.3 Å². The predicted molar refractivity (Wildman–Crippen MR) is 59.6 cm³/mol. The zero-order valence-electron chi connectivity index (χ0n) is 9.88. The van der Waals surface area contributed by atoms with Gasteiger partial charge in [0.05, 0.1) is 11.5 Å². The van der Waals surface area contributed by atoms with E-state index in [-0.39, 0.29) is 6.61 Å². The Hall–Kier alpha value is -2.09. The van der Waals surface area contributed by atoms with Crippen molar-refractivity contribution in [2.24, 2.45) is 0 Å². The lowest BCUT2D eigenvalue weighted by Crippen LogP contribution is -2.37. The fraction of sp³-hybridized carbons (Fsp3) is 0.364. The quantitative estimate of drug-likeness (QED) is 0.503. The lowest BCUT2D eigenvalue weighted by molar-refractivity contribution is -0.385. The van der Waals surface area contributed by atoms with Crippen LogP contribution in [0.2, 0.25) is 0 Å². The van der Waals surface area contributed by atoms with E-state index in [1.165, 1.54) is 6.92 Å². The molecule has 0 aromatic heterocycles. The maximum absolute atomic E-state index is 13.5. The van der Waals surface area contributed by atoms with Gasteiger partial charge in [-0.2, -0.15) is 8.78 Å². The highest BCUT2D eigenvalue weighted by molar-refractivity contribution is 5.78. The molecule has 8 heteroatoms. The summed E-state index contributed by atoms with van der Waals surface area (Å²) in [6, 6.07) is 4.05. The van der Waals surface area contributed by atoms with Gasteiger partial charge in [0.25, 0.3) is 5.69 Å². The fourth-order valence-electron chi connectivity index (χ4n) is 1.36. The fourth-order valence-corrected chi connectivity index (χ4v) is 1.36. The van der Waals surface area contributed by atoms with Crippen molar-refractivity contribution in [2.75, 3.05) is 6.61 Å². The van der Waals surface area contributed by atoms with Gasteiger partial charge in [-0.05, 0) is 12.5 Å². The summed E-state index contributed by atoms with van der Waals surface area (Å²) in [5.41, 5.74) is -0.900. The third kappa shape index (κ3) is 3.22. The smallest absolute Gasteiger partial charge is 0.380 e. The minimum absolute atomic E-state index is 0.268. The molecule has 1 unspecified atom stereocenters. The first-order chi connectivity index (χ1) is 8.80. The summed E-state index contributed by atoms with van der Waals surface area (Å²) in [5.74, 6) is -6.06. The Labute approximate surface area is 106 Å².